The van der Waals surface area contributed by atoms with Crippen LogP contribution in [0.4, 0.5) is 0 Å². The van der Waals surface area contributed by atoms with Crippen molar-refractivity contribution in [3.63, 3.8) is 0 Å². The Labute approximate surface area is 116 Å². The second kappa shape index (κ2) is 4.48. The van der Waals surface area contributed by atoms with Crippen molar-refractivity contribution >= 4 is 28.1 Å². The highest BCUT2D eigenvalue weighted by Crippen LogP contribution is 2.20. The maximum Gasteiger partial charge on any atom is 0.104 e. The normalized spacial score (nSPS) is 10.8. The molecule has 0 saturated carbocycles. The quantitative estimate of drug-likeness (QED) is 0.726. The molecule has 0 atom stereocenters. The van der Waals surface area contributed by atoms with Gasteiger partial charge in [-0.15, -0.1) is 0 Å². The molecule has 0 amide bonds. The highest BCUT2D eigenvalue weighted by atomic mass is 32.1. The smallest absolute Gasteiger partial charge is 0.104 e. The average molecular weight is 267 g/mol. The lowest BCUT2D eigenvalue weighted by Gasteiger charge is -2.08. The number of rotatable bonds is 2. The Balaban J connectivity index is 2.17. The molecule has 0 aliphatic heterocycles. The number of thiocarbonyl (C=S) groups is 1. The van der Waals surface area contributed by atoms with Crippen molar-refractivity contribution in [3.8, 4) is 5.69 Å². The Morgan fingerprint density at radius 1 is 1.21 bits per heavy atom. The molecule has 19 heavy (non-hydrogen) atoms. The first-order chi connectivity index (χ1) is 9.16. The molecule has 0 aliphatic carbocycles. The van der Waals surface area contributed by atoms with Gasteiger partial charge in [0.15, 0.2) is 0 Å². The minimum atomic E-state index is 0.425. The number of hydrogen-bond donors (Lipinski definition) is 1. The Kier molecular flexibility index (Phi) is 2.80. The molecule has 0 fully saturated rings. The van der Waals surface area contributed by atoms with Gasteiger partial charge in [0.2, 0.25) is 0 Å². The monoisotopic (exact) mass is 267 g/mol. The zero-order valence-corrected chi connectivity index (χ0v) is 11.3. The number of para-hydroxylation sites is 1. The third-order valence-electron chi connectivity index (χ3n) is 3.20. The number of nitrogens with zero attached hydrogens (tertiary/aromatic N) is 2. The summed E-state index contributed by atoms with van der Waals surface area (Å²) in [7, 11) is 0. The fourth-order valence-electron chi connectivity index (χ4n) is 2.23. The fourth-order valence-corrected chi connectivity index (χ4v) is 2.46. The Morgan fingerprint density at radius 2 is 2.00 bits per heavy atom. The topological polar surface area (TPSA) is 43.8 Å². The summed E-state index contributed by atoms with van der Waals surface area (Å²) in [6.07, 6.45) is 1.87. The zero-order chi connectivity index (χ0) is 13.4. The van der Waals surface area contributed by atoms with E-state index in [1.54, 1.807) is 0 Å². The van der Waals surface area contributed by atoms with Gasteiger partial charge in [0.1, 0.15) is 4.99 Å². The van der Waals surface area contributed by atoms with Crippen LogP contribution in [0.3, 0.4) is 0 Å². The summed E-state index contributed by atoms with van der Waals surface area (Å²) in [5.74, 6) is 0. The maximum absolute atomic E-state index is 5.68. The van der Waals surface area contributed by atoms with Gasteiger partial charge in [-0.05, 0) is 36.8 Å². The van der Waals surface area contributed by atoms with Crippen LogP contribution in [0, 0.1) is 6.92 Å². The van der Waals surface area contributed by atoms with Gasteiger partial charge in [-0.3, -0.25) is 0 Å². The third-order valence-corrected chi connectivity index (χ3v) is 3.42. The number of hydrogen-bond acceptors (Lipinski definition) is 2. The number of nitrogens with two attached hydrogens (primary N) is 1. The van der Waals surface area contributed by atoms with Gasteiger partial charge in [-0.1, -0.05) is 30.4 Å². The molecule has 3 aromatic rings. The van der Waals surface area contributed by atoms with E-state index in [4.69, 9.17) is 18.0 Å². The van der Waals surface area contributed by atoms with Crippen molar-refractivity contribution in [2.75, 3.05) is 0 Å². The summed E-state index contributed by atoms with van der Waals surface area (Å²) in [6.45, 7) is 2.00. The van der Waals surface area contributed by atoms with Gasteiger partial charge in [0.25, 0.3) is 0 Å². The SMILES string of the molecule is Cc1cc(-n2ncc3ccccc32)ccc1C(N)=S. The van der Waals surface area contributed by atoms with Crippen LogP contribution < -0.4 is 5.73 Å². The molecular formula is C15H13N3S. The summed E-state index contributed by atoms with van der Waals surface area (Å²) in [5.41, 5.74) is 9.76. The second-order valence-corrected chi connectivity index (χ2v) is 4.92. The summed E-state index contributed by atoms with van der Waals surface area (Å²) >= 11 is 5.03. The Hall–Kier alpha value is -2.20. The van der Waals surface area contributed by atoms with Gasteiger partial charge >= 0.3 is 0 Å². The van der Waals surface area contributed by atoms with E-state index in [1.165, 1.54) is 0 Å². The van der Waals surface area contributed by atoms with Crippen molar-refractivity contribution in [1.82, 2.24) is 9.78 Å². The summed E-state index contributed by atoms with van der Waals surface area (Å²) in [5, 5.41) is 5.56. The highest BCUT2D eigenvalue weighted by Gasteiger charge is 2.07. The maximum atomic E-state index is 5.68. The molecule has 2 aromatic carbocycles. The number of fused-ring (bicyclic) bond motifs is 1. The zero-order valence-electron chi connectivity index (χ0n) is 10.5. The van der Waals surface area contributed by atoms with E-state index in [2.05, 4.69) is 17.2 Å². The molecule has 0 saturated heterocycles. The highest BCUT2D eigenvalue weighted by molar-refractivity contribution is 7.80. The van der Waals surface area contributed by atoms with E-state index in [0.29, 0.717) is 4.99 Å². The lowest BCUT2D eigenvalue weighted by molar-refractivity contribution is 0.909. The van der Waals surface area contributed by atoms with Crippen molar-refractivity contribution < 1.29 is 0 Å². The van der Waals surface area contributed by atoms with Crippen molar-refractivity contribution in [3.05, 3.63) is 59.8 Å². The molecule has 4 heteroatoms. The van der Waals surface area contributed by atoms with Crippen LogP contribution in [0.5, 0.6) is 0 Å². The van der Waals surface area contributed by atoms with E-state index in [0.717, 1.165) is 27.7 Å². The predicted octanol–water partition coefficient (Wildman–Crippen LogP) is 2.97. The first kappa shape index (κ1) is 11.9. The minimum Gasteiger partial charge on any atom is -0.389 e. The van der Waals surface area contributed by atoms with Gasteiger partial charge < -0.3 is 5.73 Å². The summed E-state index contributed by atoms with van der Waals surface area (Å²) in [6, 6.07) is 14.1. The molecular weight excluding hydrogens is 254 g/mol. The van der Waals surface area contributed by atoms with Crippen LogP contribution in [-0.2, 0) is 0 Å². The average Bonchev–Trinajstić information content (AvgIpc) is 2.82. The molecule has 3 rings (SSSR count). The molecule has 3 nitrogen and oxygen atoms in total. The van der Waals surface area contributed by atoms with Gasteiger partial charge in [0.05, 0.1) is 17.4 Å². The molecule has 1 aromatic heterocycles. The molecule has 0 spiro atoms. The van der Waals surface area contributed by atoms with Crippen molar-refractivity contribution in [2.24, 2.45) is 5.73 Å². The van der Waals surface area contributed by atoms with E-state index < -0.39 is 0 Å². The van der Waals surface area contributed by atoms with Crippen molar-refractivity contribution in [2.45, 2.75) is 6.92 Å². The van der Waals surface area contributed by atoms with Crippen LogP contribution >= 0.6 is 12.2 Å². The van der Waals surface area contributed by atoms with Gasteiger partial charge in [0, 0.05) is 10.9 Å². The van der Waals surface area contributed by atoms with Crippen LogP contribution in [-0.4, -0.2) is 14.8 Å². The first-order valence-electron chi connectivity index (χ1n) is 6.00. The standard InChI is InChI=1S/C15H13N3S/c1-10-8-12(6-7-13(10)15(16)19)18-14-5-3-2-4-11(14)9-17-18/h2-9H,1H3,(H2,16,19). The Morgan fingerprint density at radius 3 is 2.74 bits per heavy atom. The number of aryl methyl sites for hydroxylation is 1. The lowest BCUT2D eigenvalue weighted by atomic mass is 10.1. The summed E-state index contributed by atoms with van der Waals surface area (Å²) < 4.78 is 1.92. The van der Waals surface area contributed by atoms with Crippen molar-refractivity contribution in [1.29, 1.82) is 0 Å². The number of aromatic nitrogens is 2. The molecule has 0 aliphatic rings. The largest absolute Gasteiger partial charge is 0.389 e. The van der Waals surface area contributed by atoms with Crippen LogP contribution in [0.1, 0.15) is 11.1 Å². The Bertz CT molecular complexity index is 774. The third kappa shape index (κ3) is 2.00. The number of benzene rings is 2. The van der Waals surface area contributed by atoms with E-state index in [-0.39, 0.29) is 0 Å². The van der Waals surface area contributed by atoms with Crippen LogP contribution in [0.15, 0.2) is 48.7 Å². The van der Waals surface area contributed by atoms with E-state index >= 15 is 0 Å². The first-order valence-corrected chi connectivity index (χ1v) is 6.41. The molecule has 0 bridgehead atoms. The van der Waals surface area contributed by atoms with Gasteiger partial charge in [-0.2, -0.15) is 5.10 Å². The molecule has 0 radical (unpaired) electrons. The van der Waals surface area contributed by atoms with Gasteiger partial charge in [-0.25, -0.2) is 4.68 Å². The fraction of sp³-hybridized carbons (Fsp3) is 0.0667. The lowest BCUT2D eigenvalue weighted by Crippen LogP contribution is -2.11. The molecule has 1 heterocycles. The predicted molar refractivity (Wildman–Crippen MR) is 81.7 cm³/mol. The summed E-state index contributed by atoms with van der Waals surface area (Å²) in [4.78, 5) is 0.425. The van der Waals surface area contributed by atoms with Crippen LogP contribution in [0.2, 0.25) is 0 Å². The van der Waals surface area contributed by atoms with E-state index in [9.17, 15) is 0 Å². The molecule has 94 valence electrons. The molecule has 2 N–H and O–H groups in total. The molecule has 0 unspecified atom stereocenters. The minimum absolute atomic E-state index is 0.425. The van der Waals surface area contributed by atoms with Crippen LogP contribution in [0.25, 0.3) is 16.6 Å². The second-order valence-electron chi connectivity index (χ2n) is 4.48. The van der Waals surface area contributed by atoms with E-state index in [1.807, 2.05) is 48.1 Å².